The molecule has 0 fully saturated rings. The van der Waals surface area contributed by atoms with Gasteiger partial charge in [-0.2, -0.15) is 5.26 Å². The first kappa shape index (κ1) is 16.3. The highest BCUT2D eigenvalue weighted by Gasteiger charge is 2.23. The van der Waals surface area contributed by atoms with Crippen LogP contribution in [-0.2, 0) is 11.8 Å². The third-order valence-corrected chi connectivity index (χ3v) is 4.06. The maximum atomic E-state index is 12.2. The molecule has 0 atom stereocenters. The fourth-order valence-electron chi connectivity index (χ4n) is 2.76. The maximum Gasteiger partial charge on any atom is 0.357 e. The smallest absolute Gasteiger partial charge is 0.357 e. The average Bonchev–Trinajstić information content (AvgIpc) is 3.17. The Hall–Kier alpha value is -3.60. The van der Waals surface area contributed by atoms with Gasteiger partial charge in [0.25, 0.3) is 0 Å². The molecule has 0 unspecified atom stereocenters. The number of rotatable bonds is 3. The number of nitrogen functional groups attached to an aromatic ring is 1. The molecule has 0 saturated carbocycles. The van der Waals surface area contributed by atoms with Gasteiger partial charge in [-0.3, -0.25) is 0 Å². The van der Waals surface area contributed by atoms with E-state index in [0.717, 1.165) is 11.1 Å². The molecule has 2 N–H and O–H groups in total. The van der Waals surface area contributed by atoms with Crippen LogP contribution in [0.15, 0.2) is 30.7 Å². The fourth-order valence-corrected chi connectivity index (χ4v) is 2.76. The molecular formula is C17H16N6O2. The van der Waals surface area contributed by atoms with Gasteiger partial charge in [-0.25, -0.2) is 4.79 Å². The summed E-state index contributed by atoms with van der Waals surface area (Å²) in [6.45, 7) is 1.91. The van der Waals surface area contributed by atoms with Crippen molar-refractivity contribution < 1.29 is 9.53 Å². The third kappa shape index (κ3) is 2.52. The van der Waals surface area contributed by atoms with E-state index in [-0.39, 0.29) is 16.9 Å². The van der Waals surface area contributed by atoms with Crippen LogP contribution in [0.25, 0.3) is 17.1 Å². The van der Waals surface area contributed by atoms with Crippen molar-refractivity contribution in [2.24, 2.45) is 7.05 Å². The summed E-state index contributed by atoms with van der Waals surface area (Å²) in [6, 6.07) is 7.59. The van der Waals surface area contributed by atoms with Crippen molar-refractivity contribution in [1.82, 2.24) is 19.3 Å². The third-order valence-electron chi connectivity index (χ3n) is 4.06. The van der Waals surface area contributed by atoms with Crippen LogP contribution in [0.2, 0.25) is 0 Å². The lowest BCUT2D eigenvalue weighted by Gasteiger charge is -2.14. The fraction of sp³-hybridized carbons (Fsp3) is 0.176. The second-order valence-corrected chi connectivity index (χ2v) is 5.49. The summed E-state index contributed by atoms with van der Waals surface area (Å²) in [4.78, 5) is 12.2. The van der Waals surface area contributed by atoms with Crippen LogP contribution >= 0.6 is 0 Å². The van der Waals surface area contributed by atoms with Gasteiger partial charge < -0.3 is 19.6 Å². The number of ether oxygens (including phenoxy) is 1. The van der Waals surface area contributed by atoms with E-state index in [0.29, 0.717) is 11.5 Å². The molecule has 8 nitrogen and oxygen atoms in total. The number of nitrogens with zero attached hydrogens (tertiary/aromatic N) is 5. The minimum atomic E-state index is -0.609. The van der Waals surface area contributed by atoms with Crippen LogP contribution in [0.3, 0.4) is 0 Å². The van der Waals surface area contributed by atoms with Crippen LogP contribution in [0.4, 0.5) is 5.69 Å². The van der Waals surface area contributed by atoms with E-state index in [4.69, 9.17) is 10.5 Å². The van der Waals surface area contributed by atoms with Gasteiger partial charge in [-0.1, -0.05) is 12.1 Å². The molecule has 0 amide bonds. The normalized spacial score (nSPS) is 10.5. The van der Waals surface area contributed by atoms with E-state index in [1.54, 1.807) is 15.5 Å². The van der Waals surface area contributed by atoms with E-state index >= 15 is 0 Å². The van der Waals surface area contributed by atoms with Gasteiger partial charge in [0, 0.05) is 24.5 Å². The number of benzene rings is 1. The zero-order valence-corrected chi connectivity index (χ0v) is 14.0. The Kier molecular flexibility index (Phi) is 3.99. The number of hydrogen-bond acceptors (Lipinski definition) is 6. The number of anilines is 1. The Morgan fingerprint density at radius 3 is 2.76 bits per heavy atom. The Morgan fingerprint density at radius 2 is 2.16 bits per heavy atom. The van der Waals surface area contributed by atoms with Gasteiger partial charge in [0.05, 0.1) is 18.4 Å². The molecule has 2 aromatic heterocycles. The molecule has 8 heteroatoms. The number of methoxy groups -OCH3 is 1. The summed E-state index contributed by atoms with van der Waals surface area (Å²) < 4.78 is 8.20. The van der Waals surface area contributed by atoms with Crippen LogP contribution < -0.4 is 5.73 Å². The van der Waals surface area contributed by atoms with E-state index in [1.165, 1.54) is 13.3 Å². The summed E-state index contributed by atoms with van der Waals surface area (Å²) in [5.74, 6) is 0.0852. The van der Waals surface area contributed by atoms with Crippen molar-refractivity contribution in [1.29, 1.82) is 5.26 Å². The molecule has 0 aliphatic heterocycles. The zero-order valence-electron chi connectivity index (χ0n) is 14.0. The maximum absolute atomic E-state index is 12.2. The van der Waals surface area contributed by atoms with Gasteiger partial charge in [0.1, 0.15) is 12.4 Å². The topological polar surface area (TPSA) is 112 Å². The highest BCUT2D eigenvalue weighted by molar-refractivity contribution is 5.96. The van der Waals surface area contributed by atoms with Crippen molar-refractivity contribution in [3.05, 3.63) is 47.5 Å². The minimum absolute atomic E-state index is 0.0952. The molecule has 3 aromatic rings. The Labute approximate surface area is 144 Å². The molecule has 1 aromatic carbocycles. The van der Waals surface area contributed by atoms with Crippen molar-refractivity contribution in [2.75, 3.05) is 12.8 Å². The standard InChI is InChI=1S/C17H16N6O2/c1-10-12(16-21-20-9-22(16)2)5-4-6-13(10)23-8-11(7-18)14(19)15(23)17(24)25-3/h4-6,8-9H,19H2,1-3H3. The van der Waals surface area contributed by atoms with Crippen LogP contribution in [0.5, 0.6) is 0 Å². The SMILES string of the molecule is COC(=O)c1c(N)c(C#N)cn1-c1cccc(-c2nncn2C)c1C. The number of aryl methyl sites for hydroxylation is 1. The summed E-state index contributed by atoms with van der Waals surface area (Å²) in [6.07, 6.45) is 3.15. The Balaban J connectivity index is 2.27. The number of carbonyl (C=O) groups excluding carboxylic acids is 1. The first-order valence-electron chi connectivity index (χ1n) is 7.43. The number of esters is 1. The zero-order chi connectivity index (χ0) is 18.1. The molecule has 0 bridgehead atoms. The molecule has 25 heavy (non-hydrogen) atoms. The predicted octanol–water partition coefficient (Wildman–Crippen LogP) is 1.82. The van der Waals surface area contributed by atoms with Gasteiger partial charge in [0.2, 0.25) is 0 Å². The Morgan fingerprint density at radius 1 is 1.40 bits per heavy atom. The summed E-state index contributed by atoms with van der Waals surface area (Å²) in [5.41, 5.74) is 8.82. The number of hydrogen-bond donors (Lipinski definition) is 1. The van der Waals surface area contributed by atoms with Crippen LogP contribution in [0, 0.1) is 18.3 Å². The second kappa shape index (κ2) is 6.13. The minimum Gasteiger partial charge on any atom is -0.464 e. The summed E-state index contributed by atoms with van der Waals surface area (Å²) in [7, 11) is 3.12. The van der Waals surface area contributed by atoms with Crippen LogP contribution in [-0.4, -0.2) is 32.4 Å². The first-order chi connectivity index (χ1) is 12.0. The molecule has 2 heterocycles. The van der Waals surface area contributed by atoms with Crippen molar-refractivity contribution in [3.8, 4) is 23.1 Å². The quantitative estimate of drug-likeness (QED) is 0.730. The van der Waals surface area contributed by atoms with E-state index in [9.17, 15) is 10.1 Å². The molecule has 0 spiro atoms. The highest BCUT2D eigenvalue weighted by Crippen LogP contribution is 2.30. The molecule has 0 radical (unpaired) electrons. The van der Waals surface area contributed by atoms with Gasteiger partial charge in [-0.05, 0) is 18.6 Å². The van der Waals surface area contributed by atoms with Crippen molar-refractivity contribution >= 4 is 11.7 Å². The number of aromatic nitrogens is 4. The molecule has 0 aliphatic carbocycles. The van der Waals surface area contributed by atoms with Crippen molar-refractivity contribution in [2.45, 2.75) is 6.92 Å². The lowest BCUT2D eigenvalue weighted by Crippen LogP contribution is -2.12. The largest absolute Gasteiger partial charge is 0.464 e. The molecule has 126 valence electrons. The monoisotopic (exact) mass is 336 g/mol. The van der Waals surface area contributed by atoms with E-state index in [1.807, 2.05) is 38.2 Å². The van der Waals surface area contributed by atoms with E-state index < -0.39 is 5.97 Å². The van der Waals surface area contributed by atoms with Gasteiger partial charge in [0.15, 0.2) is 11.5 Å². The lowest BCUT2D eigenvalue weighted by molar-refractivity contribution is 0.0593. The average molecular weight is 336 g/mol. The molecule has 3 rings (SSSR count). The van der Waals surface area contributed by atoms with Gasteiger partial charge in [-0.15, -0.1) is 10.2 Å². The lowest BCUT2D eigenvalue weighted by atomic mass is 10.1. The summed E-state index contributed by atoms with van der Waals surface area (Å²) >= 11 is 0. The first-order valence-corrected chi connectivity index (χ1v) is 7.43. The van der Waals surface area contributed by atoms with Crippen LogP contribution in [0.1, 0.15) is 21.6 Å². The second-order valence-electron chi connectivity index (χ2n) is 5.49. The molecule has 0 aliphatic rings. The Bertz CT molecular complexity index is 1010. The highest BCUT2D eigenvalue weighted by atomic mass is 16.5. The van der Waals surface area contributed by atoms with E-state index in [2.05, 4.69) is 10.2 Å². The summed E-state index contributed by atoms with van der Waals surface area (Å²) in [5, 5.41) is 17.3. The predicted molar refractivity (Wildman–Crippen MR) is 91.0 cm³/mol. The molecular weight excluding hydrogens is 320 g/mol. The number of nitriles is 1. The number of carbonyl (C=O) groups is 1. The molecule has 0 saturated heterocycles. The number of nitrogens with two attached hydrogens (primary N) is 1. The van der Waals surface area contributed by atoms with Crippen molar-refractivity contribution in [3.63, 3.8) is 0 Å². The van der Waals surface area contributed by atoms with Gasteiger partial charge >= 0.3 is 5.97 Å².